The van der Waals surface area contributed by atoms with Crippen molar-refractivity contribution in [1.29, 1.82) is 0 Å². The average molecular weight is 318 g/mol. The van der Waals surface area contributed by atoms with Gasteiger partial charge in [-0.05, 0) is 25.7 Å². The fourth-order valence-corrected chi connectivity index (χ4v) is 3.55. The average Bonchev–Trinajstić information content (AvgIpc) is 2.39. The van der Waals surface area contributed by atoms with E-state index in [2.05, 4.69) is 41.6 Å². The monoisotopic (exact) mass is 317 g/mol. The van der Waals surface area contributed by atoms with Crippen LogP contribution in [0.1, 0.15) is 65.7 Å². The second-order valence-electron chi connectivity index (χ2n) is 5.78. The number of nitrogens with zero attached hydrogens (tertiary/aromatic N) is 1. The van der Waals surface area contributed by atoms with Gasteiger partial charge in [0.25, 0.3) is 0 Å². The van der Waals surface area contributed by atoms with Crippen molar-refractivity contribution >= 4 is 21.8 Å². The molecule has 3 heteroatoms. The Balaban J connectivity index is 2.80. The number of carbonyl (C=O) groups is 1. The standard InChI is InChI=1S/C15H28BrNO/c1-4-13(5-2)17(12-11-16)14(18)15(3)9-7-6-8-10-15/h13H,4-12H2,1-3H3. The van der Waals surface area contributed by atoms with Crippen LogP contribution in [0.2, 0.25) is 0 Å². The molecule has 1 fully saturated rings. The second kappa shape index (κ2) is 7.52. The summed E-state index contributed by atoms with van der Waals surface area (Å²) in [5, 5.41) is 0.880. The molecule has 0 atom stereocenters. The summed E-state index contributed by atoms with van der Waals surface area (Å²) in [6.07, 6.45) is 8.00. The quantitative estimate of drug-likeness (QED) is 0.666. The van der Waals surface area contributed by atoms with E-state index in [4.69, 9.17) is 0 Å². The molecule has 0 aromatic heterocycles. The van der Waals surface area contributed by atoms with Gasteiger partial charge in [0, 0.05) is 23.3 Å². The lowest BCUT2D eigenvalue weighted by atomic mass is 9.74. The minimum Gasteiger partial charge on any atom is -0.338 e. The number of halogens is 1. The molecule has 1 amide bonds. The molecule has 0 radical (unpaired) electrons. The lowest BCUT2D eigenvalue weighted by Crippen LogP contribution is -2.49. The Hall–Kier alpha value is -0.0500. The fourth-order valence-electron chi connectivity index (χ4n) is 3.16. The Morgan fingerprint density at radius 3 is 2.22 bits per heavy atom. The smallest absolute Gasteiger partial charge is 0.228 e. The number of amides is 1. The van der Waals surface area contributed by atoms with E-state index in [-0.39, 0.29) is 5.41 Å². The van der Waals surface area contributed by atoms with Crippen molar-refractivity contribution in [2.75, 3.05) is 11.9 Å². The van der Waals surface area contributed by atoms with Gasteiger partial charge in [-0.25, -0.2) is 0 Å². The third-order valence-electron chi connectivity index (χ3n) is 4.44. The zero-order valence-electron chi connectivity index (χ0n) is 12.2. The first-order valence-corrected chi connectivity index (χ1v) is 8.58. The Labute approximate surface area is 121 Å². The lowest BCUT2D eigenvalue weighted by Gasteiger charge is -2.40. The largest absolute Gasteiger partial charge is 0.338 e. The van der Waals surface area contributed by atoms with Gasteiger partial charge in [0.05, 0.1) is 0 Å². The van der Waals surface area contributed by atoms with E-state index < -0.39 is 0 Å². The van der Waals surface area contributed by atoms with Gasteiger partial charge in [-0.15, -0.1) is 0 Å². The van der Waals surface area contributed by atoms with Gasteiger partial charge >= 0.3 is 0 Å². The van der Waals surface area contributed by atoms with E-state index in [0.29, 0.717) is 11.9 Å². The minimum absolute atomic E-state index is 0.0942. The van der Waals surface area contributed by atoms with Crippen molar-refractivity contribution in [2.24, 2.45) is 5.41 Å². The molecule has 0 heterocycles. The molecule has 2 nitrogen and oxygen atoms in total. The van der Waals surface area contributed by atoms with Crippen LogP contribution in [0.3, 0.4) is 0 Å². The molecular formula is C15H28BrNO. The zero-order valence-corrected chi connectivity index (χ0v) is 13.8. The van der Waals surface area contributed by atoms with E-state index >= 15 is 0 Å². The first kappa shape index (κ1) is 16.0. The topological polar surface area (TPSA) is 20.3 Å². The number of alkyl halides is 1. The molecule has 106 valence electrons. The molecule has 0 aromatic rings. The van der Waals surface area contributed by atoms with E-state index in [0.717, 1.165) is 37.6 Å². The normalized spacial score (nSPS) is 18.9. The van der Waals surface area contributed by atoms with Crippen molar-refractivity contribution in [2.45, 2.75) is 71.8 Å². The van der Waals surface area contributed by atoms with Gasteiger partial charge in [0.2, 0.25) is 5.91 Å². The summed E-state index contributed by atoms with van der Waals surface area (Å²) in [4.78, 5) is 15.0. The Morgan fingerprint density at radius 1 is 1.22 bits per heavy atom. The summed E-state index contributed by atoms with van der Waals surface area (Å²) < 4.78 is 0. The highest BCUT2D eigenvalue weighted by Crippen LogP contribution is 2.38. The SMILES string of the molecule is CCC(CC)N(CCBr)C(=O)C1(C)CCCCC1. The number of hydrogen-bond donors (Lipinski definition) is 0. The van der Waals surface area contributed by atoms with E-state index in [1.54, 1.807) is 0 Å². The molecule has 1 saturated carbocycles. The molecule has 0 saturated heterocycles. The number of hydrogen-bond acceptors (Lipinski definition) is 1. The van der Waals surface area contributed by atoms with Gasteiger partial charge in [0.15, 0.2) is 0 Å². The summed E-state index contributed by atoms with van der Waals surface area (Å²) in [5.74, 6) is 0.398. The molecule has 0 aromatic carbocycles. The van der Waals surface area contributed by atoms with Crippen LogP contribution in [0, 0.1) is 5.41 Å². The molecule has 0 aliphatic heterocycles. The maximum atomic E-state index is 12.9. The molecule has 0 bridgehead atoms. The van der Waals surface area contributed by atoms with Gasteiger partial charge in [-0.3, -0.25) is 4.79 Å². The van der Waals surface area contributed by atoms with Gasteiger partial charge in [0.1, 0.15) is 0 Å². The first-order chi connectivity index (χ1) is 8.59. The van der Waals surface area contributed by atoms with Crippen LogP contribution in [-0.4, -0.2) is 28.7 Å². The van der Waals surface area contributed by atoms with Crippen molar-refractivity contribution in [3.8, 4) is 0 Å². The second-order valence-corrected chi connectivity index (χ2v) is 6.57. The third kappa shape index (κ3) is 3.72. The maximum Gasteiger partial charge on any atom is 0.228 e. The van der Waals surface area contributed by atoms with Gasteiger partial charge in [-0.2, -0.15) is 0 Å². The molecule has 1 aliphatic carbocycles. The summed E-state index contributed by atoms with van der Waals surface area (Å²) in [7, 11) is 0. The van der Waals surface area contributed by atoms with Crippen LogP contribution in [0.5, 0.6) is 0 Å². The number of rotatable bonds is 6. The molecule has 0 N–H and O–H groups in total. The van der Waals surface area contributed by atoms with Gasteiger partial charge < -0.3 is 4.90 Å². The Kier molecular flexibility index (Phi) is 6.68. The van der Waals surface area contributed by atoms with Crippen LogP contribution in [0.4, 0.5) is 0 Å². The molecule has 0 unspecified atom stereocenters. The predicted octanol–water partition coefficient (Wildman–Crippen LogP) is 4.37. The molecular weight excluding hydrogens is 290 g/mol. The van der Waals surface area contributed by atoms with Gasteiger partial charge in [-0.1, -0.05) is 56.0 Å². The van der Waals surface area contributed by atoms with Crippen LogP contribution in [0.25, 0.3) is 0 Å². The van der Waals surface area contributed by atoms with E-state index in [1.165, 1.54) is 19.3 Å². The summed E-state index contributed by atoms with van der Waals surface area (Å²) >= 11 is 3.49. The molecule has 1 aliphatic rings. The zero-order chi connectivity index (χ0) is 13.6. The van der Waals surface area contributed by atoms with Crippen LogP contribution >= 0.6 is 15.9 Å². The Morgan fingerprint density at radius 2 is 1.78 bits per heavy atom. The molecule has 0 spiro atoms. The van der Waals surface area contributed by atoms with E-state index in [1.807, 2.05) is 0 Å². The van der Waals surface area contributed by atoms with Crippen LogP contribution < -0.4 is 0 Å². The minimum atomic E-state index is -0.0942. The summed E-state index contributed by atoms with van der Waals surface area (Å²) in [6, 6.07) is 0.411. The highest BCUT2D eigenvalue weighted by Gasteiger charge is 2.38. The van der Waals surface area contributed by atoms with Crippen molar-refractivity contribution in [1.82, 2.24) is 4.90 Å². The predicted molar refractivity (Wildman–Crippen MR) is 81.1 cm³/mol. The third-order valence-corrected chi connectivity index (χ3v) is 4.80. The van der Waals surface area contributed by atoms with E-state index in [9.17, 15) is 4.79 Å². The van der Waals surface area contributed by atoms with Crippen LogP contribution in [0.15, 0.2) is 0 Å². The molecule has 18 heavy (non-hydrogen) atoms. The fraction of sp³-hybridized carbons (Fsp3) is 0.933. The summed E-state index contributed by atoms with van der Waals surface area (Å²) in [6.45, 7) is 7.40. The van der Waals surface area contributed by atoms with Crippen molar-refractivity contribution in [3.63, 3.8) is 0 Å². The van der Waals surface area contributed by atoms with Crippen molar-refractivity contribution in [3.05, 3.63) is 0 Å². The highest BCUT2D eigenvalue weighted by atomic mass is 79.9. The first-order valence-electron chi connectivity index (χ1n) is 7.46. The van der Waals surface area contributed by atoms with Crippen molar-refractivity contribution < 1.29 is 4.79 Å². The highest BCUT2D eigenvalue weighted by molar-refractivity contribution is 9.09. The lowest BCUT2D eigenvalue weighted by molar-refractivity contribution is -0.145. The Bertz CT molecular complexity index is 257. The molecule has 1 rings (SSSR count). The number of carbonyl (C=O) groups excluding carboxylic acids is 1. The summed E-state index contributed by atoms with van der Waals surface area (Å²) in [5.41, 5.74) is -0.0942. The van der Waals surface area contributed by atoms with Crippen LogP contribution in [-0.2, 0) is 4.79 Å². The maximum absolute atomic E-state index is 12.9.